The van der Waals surface area contributed by atoms with Gasteiger partial charge in [-0.25, -0.2) is 0 Å². The van der Waals surface area contributed by atoms with Gasteiger partial charge in [0.15, 0.2) is 0 Å². The average Bonchev–Trinajstić information content (AvgIpc) is 2.36. The largest absolute Gasteiger partial charge is 0.494 e. The third kappa shape index (κ3) is 3.59. The Bertz CT molecular complexity index is 416. The highest BCUT2D eigenvalue weighted by atomic mass is 19.4. The Hall–Kier alpha value is -1.37. The van der Waals surface area contributed by atoms with Gasteiger partial charge < -0.3 is 10.1 Å². The molecule has 1 atom stereocenters. The van der Waals surface area contributed by atoms with Crippen LogP contribution in [0.4, 0.5) is 22.0 Å². The Morgan fingerprint density at radius 2 is 1.60 bits per heavy atom. The lowest BCUT2D eigenvalue weighted by Gasteiger charge is -2.29. The van der Waals surface area contributed by atoms with E-state index in [1.54, 1.807) is 6.92 Å². The maximum atomic E-state index is 13.5. The van der Waals surface area contributed by atoms with Crippen LogP contribution in [0.3, 0.4) is 0 Å². The molecule has 0 aliphatic carbocycles. The van der Waals surface area contributed by atoms with Gasteiger partial charge in [-0.2, -0.15) is 22.0 Å². The highest BCUT2D eigenvalue weighted by molar-refractivity contribution is 5.30. The van der Waals surface area contributed by atoms with Crippen LogP contribution in [0.25, 0.3) is 0 Å². The normalized spacial score (nSPS) is 14.2. The van der Waals surface area contributed by atoms with Crippen LogP contribution < -0.4 is 10.1 Å². The molecule has 0 spiro atoms. The molecule has 2 nitrogen and oxygen atoms in total. The molecule has 1 aromatic rings. The van der Waals surface area contributed by atoms with Crippen LogP contribution in [0, 0.1) is 0 Å². The lowest BCUT2D eigenvalue weighted by molar-refractivity contribution is -0.294. The summed E-state index contributed by atoms with van der Waals surface area (Å²) in [6, 6.07) is 3.03. The molecule has 0 saturated carbocycles. The summed E-state index contributed by atoms with van der Waals surface area (Å²) in [5, 5.41) is 2.19. The van der Waals surface area contributed by atoms with Crippen LogP contribution in [-0.4, -0.2) is 25.3 Å². The third-order valence-electron chi connectivity index (χ3n) is 2.67. The average molecular weight is 297 g/mol. The smallest absolute Gasteiger partial charge is 0.455 e. The van der Waals surface area contributed by atoms with E-state index in [1.807, 2.05) is 0 Å². The molecule has 0 saturated heterocycles. The van der Waals surface area contributed by atoms with Crippen molar-refractivity contribution in [1.82, 2.24) is 5.32 Å². The molecule has 0 bridgehead atoms. The highest BCUT2D eigenvalue weighted by Crippen LogP contribution is 2.44. The molecule has 0 aliphatic heterocycles. The van der Waals surface area contributed by atoms with Gasteiger partial charge in [-0.05, 0) is 31.2 Å². The fraction of sp³-hybridized carbons (Fsp3) is 0.538. The summed E-state index contributed by atoms with van der Waals surface area (Å²) < 4.78 is 69.6. The fourth-order valence-corrected chi connectivity index (χ4v) is 1.75. The first-order valence-corrected chi connectivity index (χ1v) is 6.14. The molecule has 1 N–H and O–H groups in total. The Morgan fingerprint density at radius 1 is 1.05 bits per heavy atom. The SMILES string of the molecule is CCNC(c1ccc(OCC)cc1)C(F)(F)C(F)(F)F. The minimum absolute atomic E-state index is 0.0104. The van der Waals surface area contributed by atoms with Crippen LogP contribution >= 0.6 is 0 Å². The van der Waals surface area contributed by atoms with Crippen molar-refractivity contribution in [3.63, 3.8) is 0 Å². The first-order chi connectivity index (χ1) is 9.24. The van der Waals surface area contributed by atoms with Gasteiger partial charge in [0.25, 0.3) is 0 Å². The molecule has 0 heterocycles. The van der Waals surface area contributed by atoms with Crippen LogP contribution in [0.15, 0.2) is 24.3 Å². The van der Waals surface area contributed by atoms with E-state index < -0.39 is 18.1 Å². The van der Waals surface area contributed by atoms with E-state index in [4.69, 9.17) is 4.74 Å². The van der Waals surface area contributed by atoms with Crippen LogP contribution in [0.5, 0.6) is 5.75 Å². The molecular weight excluding hydrogens is 281 g/mol. The van der Waals surface area contributed by atoms with Crippen molar-refractivity contribution in [3.05, 3.63) is 29.8 Å². The molecular formula is C13H16F5NO. The molecule has 114 valence electrons. The van der Waals surface area contributed by atoms with Gasteiger partial charge in [0.05, 0.1) is 6.61 Å². The van der Waals surface area contributed by atoms with Gasteiger partial charge in [-0.1, -0.05) is 19.1 Å². The van der Waals surface area contributed by atoms with E-state index in [2.05, 4.69) is 5.32 Å². The molecule has 1 rings (SSSR count). The van der Waals surface area contributed by atoms with Gasteiger partial charge in [-0.15, -0.1) is 0 Å². The second kappa shape index (κ2) is 6.39. The number of ether oxygens (including phenoxy) is 1. The standard InChI is InChI=1S/C13H16F5NO/c1-3-19-11(12(14,15)13(16,17)18)9-5-7-10(8-6-9)20-4-2/h5-8,11,19H,3-4H2,1-2H3. The summed E-state index contributed by atoms with van der Waals surface area (Å²) in [5.41, 5.74) is -0.141. The van der Waals surface area contributed by atoms with Crippen molar-refractivity contribution >= 4 is 0 Å². The third-order valence-corrected chi connectivity index (χ3v) is 2.67. The van der Waals surface area contributed by atoms with Gasteiger partial charge in [0.1, 0.15) is 11.8 Å². The van der Waals surface area contributed by atoms with E-state index in [9.17, 15) is 22.0 Å². The van der Waals surface area contributed by atoms with Crippen LogP contribution in [0.2, 0.25) is 0 Å². The predicted octanol–water partition coefficient (Wildman–Crippen LogP) is 3.93. The Labute approximate surface area is 113 Å². The molecule has 1 unspecified atom stereocenters. The molecule has 0 fully saturated rings. The summed E-state index contributed by atoms with van der Waals surface area (Å²) in [6.07, 6.45) is -5.61. The monoisotopic (exact) mass is 297 g/mol. The number of nitrogens with one attached hydrogen (secondary N) is 1. The van der Waals surface area contributed by atoms with Crippen molar-refractivity contribution in [2.24, 2.45) is 0 Å². The maximum Gasteiger partial charge on any atom is 0.455 e. The highest BCUT2D eigenvalue weighted by Gasteiger charge is 2.62. The maximum absolute atomic E-state index is 13.5. The molecule has 0 radical (unpaired) electrons. The topological polar surface area (TPSA) is 21.3 Å². The van der Waals surface area contributed by atoms with Crippen molar-refractivity contribution in [2.45, 2.75) is 32.0 Å². The minimum Gasteiger partial charge on any atom is -0.494 e. The van der Waals surface area contributed by atoms with Crippen molar-refractivity contribution in [1.29, 1.82) is 0 Å². The summed E-state index contributed by atoms with van der Waals surface area (Å²) in [6.45, 7) is 3.58. The van der Waals surface area contributed by atoms with Gasteiger partial charge in [0.2, 0.25) is 0 Å². The molecule has 7 heteroatoms. The van der Waals surface area contributed by atoms with Crippen LogP contribution in [0.1, 0.15) is 25.5 Å². The Kier molecular flexibility index (Phi) is 5.33. The summed E-state index contributed by atoms with van der Waals surface area (Å²) in [4.78, 5) is 0. The van der Waals surface area contributed by atoms with E-state index in [1.165, 1.54) is 31.2 Å². The zero-order chi connectivity index (χ0) is 15.4. The number of halogens is 5. The Balaban J connectivity index is 3.07. The minimum atomic E-state index is -5.61. The molecule has 20 heavy (non-hydrogen) atoms. The van der Waals surface area contributed by atoms with Crippen molar-refractivity contribution in [3.8, 4) is 5.75 Å². The summed E-state index contributed by atoms with van der Waals surface area (Å²) in [5.74, 6) is -4.43. The van der Waals surface area contributed by atoms with E-state index >= 15 is 0 Å². The first-order valence-electron chi connectivity index (χ1n) is 6.14. The number of hydrogen-bond donors (Lipinski definition) is 1. The molecule has 0 amide bonds. The van der Waals surface area contributed by atoms with E-state index in [0.29, 0.717) is 12.4 Å². The van der Waals surface area contributed by atoms with E-state index in [0.717, 1.165) is 0 Å². The van der Waals surface area contributed by atoms with Gasteiger partial charge >= 0.3 is 12.1 Å². The Morgan fingerprint density at radius 3 is 2.00 bits per heavy atom. The van der Waals surface area contributed by atoms with E-state index in [-0.39, 0.29) is 12.1 Å². The van der Waals surface area contributed by atoms with Crippen molar-refractivity contribution in [2.75, 3.05) is 13.2 Å². The second-order valence-electron chi connectivity index (χ2n) is 4.11. The zero-order valence-electron chi connectivity index (χ0n) is 11.1. The number of rotatable bonds is 6. The molecule has 0 aliphatic rings. The first kappa shape index (κ1) is 16.7. The van der Waals surface area contributed by atoms with Crippen molar-refractivity contribution < 1.29 is 26.7 Å². The quantitative estimate of drug-likeness (QED) is 0.803. The molecule has 1 aromatic carbocycles. The number of alkyl halides is 5. The summed E-state index contributed by atoms with van der Waals surface area (Å²) >= 11 is 0. The number of hydrogen-bond acceptors (Lipinski definition) is 2. The summed E-state index contributed by atoms with van der Waals surface area (Å²) in [7, 11) is 0. The van der Waals surface area contributed by atoms with Gasteiger partial charge in [-0.3, -0.25) is 0 Å². The fourth-order valence-electron chi connectivity index (χ4n) is 1.75. The lowest BCUT2D eigenvalue weighted by Crippen LogP contribution is -2.47. The van der Waals surface area contributed by atoms with Crippen LogP contribution in [-0.2, 0) is 0 Å². The van der Waals surface area contributed by atoms with Gasteiger partial charge in [0, 0.05) is 0 Å². The number of benzene rings is 1. The molecule has 0 aromatic heterocycles. The second-order valence-corrected chi connectivity index (χ2v) is 4.11. The predicted molar refractivity (Wildman–Crippen MR) is 65.0 cm³/mol. The zero-order valence-corrected chi connectivity index (χ0v) is 11.1. The lowest BCUT2D eigenvalue weighted by atomic mass is 10.00.